The predicted octanol–water partition coefficient (Wildman–Crippen LogP) is 2.95. The molecule has 1 aliphatic heterocycles. The summed E-state index contributed by atoms with van der Waals surface area (Å²) in [7, 11) is -3.76. The van der Waals surface area contributed by atoms with E-state index in [1.165, 1.54) is 12.1 Å². The van der Waals surface area contributed by atoms with Crippen molar-refractivity contribution >= 4 is 34.0 Å². The third-order valence-electron chi connectivity index (χ3n) is 4.66. The maximum Gasteiger partial charge on any atom is 0.261 e. The van der Waals surface area contributed by atoms with Gasteiger partial charge in [-0.3, -0.25) is 9.52 Å². The van der Waals surface area contributed by atoms with Crippen LogP contribution in [0, 0.1) is 12.8 Å². The summed E-state index contributed by atoms with van der Waals surface area (Å²) >= 11 is 0. The van der Waals surface area contributed by atoms with Gasteiger partial charge in [0.1, 0.15) is 0 Å². The van der Waals surface area contributed by atoms with Gasteiger partial charge in [-0.2, -0.15) is 0 Å². The molecule has 0 radical (unpaired) electrons. The standard InChI is InChI=1S/C20H25N3O3S.ClH/c1-15-7-9-18(10-8-15)23-27(25,26)19-6-2-5-17(12-19)20(24)22-14-16-4-3-11-21-13-16;/h2,5-10,12,16,21,23H,3-4,11,13-14H2,1H3,(H,22,24);1H. The van der Waals surface area contributed by atoms with Crippen LogP contribution in [-0.4, -0.2) is 34.0 Å². The second-order valence-corrected chi connectivity index (χ2v) is 8.60. The quantitative estimate of drug-likeness (QED) is 0.666. The predicted molar refractivity (Wildman–Crippen MR) is 114 cm³/mol. The third-order valence-corrected chi connectivity index (χ3v) is 6.04. The first-order valence-electron chi connectivity index (χ1n) is 9.12. The summed E-state index contributed by atoms with van der Waals surface area (Å²) in [6.45, 7) is 4.45. The van der Waals surface area contributed by atoms with Gasteiger partial charge in [0.05, 0.1) is 4.90 Å². The minimum absolute atomic E-state index is 0. The van der Waals surface area contributed by atoms with Crippen molar-refractivity contribution in [3.63, 3.8) is 0 Å². The van der Waals surface area contributed by atoms with Gasteiger partial charge in [0.15, 0.2) is 0 Å². The zero-order valence-corrected chi connectivity index (χ0v) is 17.4. The van der Waals surface area contributed by atoms with E-state index >= 15 is 0 Å². The van der Waals surface area contributed by atoms with Crippen LogP contribution in [0.25, 0.3) is 0 Å². The molecule has 1 aliphatic rings. The Balaban J connectivity index is 0.00000280. The molecule has 1 heterocycles. The maximum atomic E-state index is 12.6. The first-order valence-corrected chi connectivity index (χ1v) is 10.6. The molecule has 2 aromatic carbocycles. The highest BCUT2D eigenvalue weighted by molar-refractivity contribution is 7.92. The Morgan fingerprint density at radius 3 is 2.61 bits per heavy atom. The summed E-state index contributed by atoms with van der Waals surface area (Å²) < 4.78 is 27.8. The zero-order chi connectivity index (χ0) is 19.3. The van der Waals surface area contributed by atoms with Crippen LogP contribution in [0.1, 0.15) is 28.8 Å². The largest absolute Gasteiger partial charge is 0.352 e. The van der Waals surface area contributed by atoms with Crippen LogP contribution in [0.5, 0.6) is 0 Å². The molecule has 0 aromatic heterocycles. The van der Waals surface area contributed by atoms with Gasteiger partial charge in [0.25, 0.3) is 15.9 Å². The van der Waals surface area contributed by atoms with E-state index in [2.05, 4.69) is 15.4 Å². The molecule has 1 atom stereocenters. The monoisotopic (exact) mass is 423 g/mol. The minimum Gasteiger partial charge on any atom is -0.352 e. The lowest BCUT2D eigenvalue weighted by atomic mass is 10.00. The number of sulfonamides is 1. The molecule has 6 nitrogen and oxygen atoms in total. The summed E-state index contributed by atoms with van der Waals surface area (Å²) in [5.41, 5.74) is 1.87. The molecule has 152 valence electrons. The third kappa shape index (κ3) is 5.95. The van der Waals surface area contributed by atoms with Crippen molar-refractivity contribution in [2.24, 2.45) is 5.92 Å². The van der Waals surface area contributed by atoms with Crippen LogP contribution in [0.15, 0.2) is 53.4 Å². The van der Waals surface area contributed by atoms with Crippen molar-refractivity contribution in [1.29, 1.82) is 0 Å². The highest BCUT2D eigenvalue weighted by Crippen LogP contribution is 2.18. The topological polar surface area (TPSA) is 87.3 Å². The van der Waals surface area contributed by atoms with Gasteiger partial charge < -0.3 is 10.6 Å². The molecule has 3 N–H and O–H groups in total. The fourth-order valence-electron chi connectivity index (χ4n) is 3.08. The number of hydrogen-bond acceptors (Lipinski definition) is 4. The molecular formula is C20H26ClN3O3S. The van der Waals surface area contributed by atoms with Crippen LogP contribution in [-0.2, 0) is 10.0 Å². The summed E-state index contributed by atoms with van der Waals surface area (Å²) in [6.07, 6.45) is 2.20. The van der Waals surface area contributed by atoms with E-state index in [1.54, 1.807) is 24.3 Å². The highest BCUT2D eigenvalue weighted by Gasteiger charge is 2.18. The number of hydrogen-bond donors (Lipinski definition) is 3. The zero-order valence-electron chi connectivity index (χ0n) is 15.8. The van der Waals surface area contributed by atoms with E-state index in [4.69, 9.17) is 0 Å². The molecule has 0 bridgehead atoms. The Morgan fingerprint density at radius 1 is 1.18 bits per heavy atom. The average molecular weight is 424 g/mol. The Hall–Kier alpha value is -2.09. The maximum absolute atomic E-state index is 12.6. The fraction of sp³-hybridized carbons (Fsp3) is 0.350. The molecular weight excluding hydrogens is 398 g/mol. The Kier molecular flexibility index (Phi) is 7.86. The van der Waals surface area contributed by atoms with E-state index in [0.717, 1.165) is 31.5 Å². The lowest BCUT2D eigenvalue weighted by Crippen LogP contribution is -2.38. The number of carbonyl (C=O) groups excluding carboxylic acids is 1. The fourth-order valence-corrected chi connectivity index (χ4v) is 4.18. The van der Waals surface area contributed by atoms with Gasteiger partial charge in [-0.1, -0.05) is 23.8 Å². The van der Waals surface area contributed by atoms with E-state index in [9.17, 15) is 13.2 Å². The average Bonchev–Trinajstić information content (AvgIpc) is 2.68. The molecule has 1 unspecified atom stereocenters. The molecule has 1 amide bonds. The smallest absolute Gasteiger partial charge is 0.261 e. The number of halogens is 1. The summed E-state index contributed by atoms with van der Waals surface area (Å²) in [5, 5.41) is 6.22. The number of anilines is 1. The molecule has 0 spiro atoms. The molecule has 2 aromatic rings. The molecule has 1 fully saturated rings. The Bertz CT molecular complexity index is 895. The normalized spacial score (nSPS) is 16.7. The summed E-state index contributed by atoms with van der Waals surface area (Å²) in [5.74, 6) is 0.158. The Morgan fingerprint density at radius 2 is 1.93 bits per heavy atom. The molecule has 3 rings (SSSR count). The lowest BCUT2D eigenvalue weighted by molar-refractivity contribution is 0.0944. The van der Waals surface area contributed by atoms with Gasteiger partial charge in [-0.05, 0) is 69.1 Å². The minimum atomic E-state index is -3.76. The van der Waals surface area contributed by atoms with Crippen molar-refractivity contribution in [3.05, 3.63) is 59.7 Å². The number of nitrogens with one attached hydrogen (secondary N) is 3. The van der Waals surface area contributed by atoms with Gasteiger partial charge >= 0.3 is 0 Å². The molecule has 28 heavy (non-hydrogen) atoms. The summed E-state index contributed by atoms with van der Waals surface area (Å²) in [6, 6.07) is 13.2. The van der Waals surface area contributed by atoms with Crippen LogP contribution >= 0.6 is 12.4 Å². The Labute approximate surface area is 172 Å². The lowest BCUT2D eigenvalue weighted by Gasteiger charge is -2.22. The van der Waals surface area contributed by atoms with Gasteiger partial charge in [-0.15, -0.1) is 12.4 Å². The number of rotatable bonds is 6. The van der Waals surface area contributed by atoms with E-state index in [1.807, 2.05) is 19.1 Å². The SMILES string of the molecule is Cc1ccc(NS(=O)(=O)c2cccc(C(=O)NCC3CCCNC3)c2)cc1.Cl. The van der Waals surface area contributed by atoms with Crippen molar-refractivity contribution in [2.45, 2.75) is 24.7 Å². The molecule has 0 aliphatic carbocycles. The van der Waals surface area contributed by atoms with Crippen LogP contribution < -0.4 is 15.4 Å². The van der Waals surface area contributed by atoms with Crippen molar-refractivity contribution < 1.29 is 13.2 Å². The van der Waals surface area contributed by atoms with E-state index in [-0.39, 0.29) is 23.2 Å². The first-order chi connectivity index (χ1) is 12.9. The van der Waals surface area contributed by atoms with Crippen molar-refractivity contribution in [1.82, 2.24) is 10.6 Å². The van der Waals surface area contributed by atoms with Crippen LogP contribution in [0.2, 0.25) is 0 Å². The van der Waals surface area contributed by atoms with Crippen molar-refractivity contribution in [3.8, 4) is 0 Å². The van der Waals surface area contributed by atoms with Gasteiger partial charge in [0, 0.05) is 17.8 Å². The number of benzene rings is 2. The van der Waals surface area contributed by atoms with Gasteiger partial charge in [0.2, 0.25) is 0 Å². The second kappa shape index (κ2) is 9.91. The van der Waals surface area contributed by atoms with Gasteiger partial charge in [-0.25, -0.2) is 8.42 Å². The van der Waals surface area contributed by atoms with Crippen LogP contribution in [0.4, 0.5) is 5.69 Å². The highest BCUT2D eigenvalue weighted by atomic mass is 35.5. The van der Waals surface area contributed by atoms with Crippen molar-refractivity contribution in [2.75, 3.05) is 24.4 Å². The first kappa shape index (κ1) is 22.2. The number of piperidine rings is 1. The van der Waals surface area contributed by atoms with E-state index in [0.29, 0.717) is 23.7 Å². The number of carbonyl (C=O) groups is 1. The molecule has 8 heteroatoms. The molecule has 1 saturated heterocycles. The summed E-state index contributed by atoms with van der Waals surface area (Å²) in [4.78, 5) is 12.5. The van der Waals surface area contributed by atoms with E-state index < -0.39 is 10.0 Å². The second-order valence-electron chi connectivity index (χ2n) is 6.92. The molecule has 0 saturated carbocycles. The number of aryl methyl sites for hydroxylation is 1. The number of amides is 1. The van der Waals surface area contributed by atoms with Crippen LogP contribution in [0.3, 0.4) is 0 Å².